The van der Waals surface area contributed by atoms with Crippen molar-refractivity contribution in [1.82, 2.24) is 0 Å². The molecule has 2 heterocycles. The average Bonchev–Trinajstić information content (AvgIpc) is 2.79. The summed E-state index contributed by atoms with van der Waals surface area (Å²) in [5, 5.41) is 0. The fourth-order valence-corrected chi connectivity index (χ4v) is 4.36. The second kappa shape index (κ2) is 16.2. The van der Waals surface area contributed by atoms with Gasteiger partial charge in [-0.1, -0.05) is 24.3 Å². The van der Waals surface area contributed by atoms with E-state index in [1.807, 2.05) is 0 Å². The normalized spacial score (nSPS) is 10.5. The van der Waals surface area contributed by atoms with Crippen molar-refractivity contribution in [2.45, 2.75) is 92.2 Å². The quantitative estimate of drug-likeness (QED) is 0.212. The number of halogens is 2. The zero-order valence-electron chi connectivity index (χ0n) is 21.5. The van der Waals surface area contributed by atoms with Gasteiger partial charge in [-0.2, -0.15) is 0 Å². The summed E-state index contributed by atoms with van der Waals surface area (Å²) in [6.45, 7) is 11.0. The lowest BCUT2D eigenvalue weighted by Crippen LogP contribution is -3.00. The van der Waals surface area contributed by atoms with Crippen molar-refractivity contribution >= 4 is 0 Å². The molecule has 0 N–H and O–H groups in total. The number of unbranched alkanes of at least 4 members (excludes halogenated alkanes) is 4. The Morgan fingerprint density at radius 1 is 0.500 bits per heavy atom. The van der Waals surface area contributed by atoms with E-state index in [0.29, 0.717) is 0 Å². The number of pyridine rings is 2. The van der Waals surface area contributed by atoms with E-state index >= 15 is 0 Å². The predicted octanol–water partition coefficient (Wildman–Crippen LogP) is 0.329. The first-order valence-electron chi connectivity index (χ1n) is 12.5. The molecule has 3 rings (SSSR count). The maximum Gasteiger partial charge on any atom is 0.171 e. The number of benzene rings is 1. The molecular weight excluding hydrogens is 548 g/mol. The van der Waals surface area contributed by atoms with Gasteiger partial charge in [0.25, 0.3) is 0 Å². The van der Waals surface area contributed by atoms with Crippen molar-refractivity contribution < 1.29 is 43.1 Å². The van der Waals surface area contributed by atoms with Crippen LogP contribution in [0, 0.1) is 27.7 Å². The van der Waals surface area contributed by atoms with Crippen LogP contribution in [0.5, 0.6) is 0 Å². The standard InChI is InChI=1S/C30H42N2.2BrH/c1-25-17-21-31(23-27(25)3)19-11-5-7-13-29-15-9-10-16-30(29)14-8-6-12-20-32-22-18-26(2)28(4)24-32;;/h9-10,15-18,21-24H,5-8,11-14,19-20H2,1-4H3;2*1H/q+2;;/p-2. The lowest BCUT2D eigenvalue weighted by Gasteiger charge is -2.09. The van der Waals surface area contributed by atoms with Crippen LogP contribution in [0.2, 0.25) is 0 Å². The average molecular weight is 590 g/mol. The molecule has 4 heteroatoms. The summed E-state index contributed by atoms with van der Waals surface area (Å²) < 4.78 is 4.68. The largest absolute Gasteiger partial charge is 1.00 e. The summed E-state index contributed by atoms with van der Waals surface area (Å²) in [4.78, 5) is 0. The first kappa shape index (κ1) is 30.5. The molecule has 2 nitrogen and oxygen atoms in total. The molecule has 0 bridgehead atoms. The minimum absolute atomic E-state index is 0. The number of nitrogens with zero attached hydrogens (tertiary/aromatic N) is 2. The van der Waals surface area contributed by atoms with E-state index < -0.39 is 0 Å². The molecule has 0 aliphatic rings. The van der Waals surface area contributed by atoms with Crippen molar-refractivity contribution in [3.05, 3.63) is 94.6 Å². The van der Waals surface area contributed by atoms with Crippen molar-refractivity contribution in [3.8, 4) is 0 Å². The molecule has 0 atom stereocenters. The van der Waals surface area contributed by atoms with Crippen LogP contribution < -0.4 is 43.1 Å². The summed E-state index contributed by atoms with van der Waals surface area (Å²) in [5.74, 6) is 0. The van der Waals surface area contributed by atoms with Crippen LogP contribution >= 0.6 is 0 Å². The van der Waals surface area contributed by atoms with E-state index in [2.05, 4.69) is 98.0 Å². The zero-order valence-corrected chi connectivity index (χ0v) is 24.7. The highest BCUT2D eigenvalue weighted by molar-refractivity contribution is 5.27. The molecule has 0 saturated heterocycles. The zero-order chi connectivity index (χ0) is 22.8. The van der Waals surface area contributed by atoms with Gasteiger partial charge in [0.05, 0.1) is 0 Å². The Bertz CT molecular complexity index is 920. The molecule has 0 radical (unpaired) electrons. The molecule has 0 aliphatic heterocycles. The van der Waals surface area contributed by atoms with Crippen LogP contribution in [0.15, 0.2) is 61.2 Å². The molecule has 0 spiro atoms. The van der Waals surface area contributed by atoms with Crippen molar-refractivity contribution in [3.63, 3.8) is 0 Å². The van der Waals surface area contributed by atoms with Crippen LogP contribution in [0.3, 0.4) is 0 Å². The minimum Gasteiger partial charge on any atom is -1.00 e. The van der Waals surface area contributed by atoms with Gasteiger partial charge in [-0.05, 0) is 88.5 Å². The Labute approximate surface area is 229 Å². The predicted molar refractivity (Wildman–Crippen MR) is 134 cm³/mol. The molecule has 2 aromatic heterocycles. The minimum atomic E-state index is 0. The van der Waals surface area contributed by atoms with Crippen LogP contribution in [0.25, 0.3) is 0 Å². The topological polar surface area (TPSA) is 7.76 Å². The summed E-state index contributed by atoms with van der Waals surface area (Å²) in [5.41, 5.74) is 8.65. The number of aryl methyl sites for hydroxylation is 8. The van der Waals surface area contributed by atoms with E-state index in [1.165, 1.54) is 73.6 Å². The number of aromatic nitrogens is 2. The van der Waals surface area contributed by atoms with Crippen molar-refractivity contribution in [2.24, 2.45) is 0 Å². The maximum absolute atomic E-state index is 2.35. The van der Waals surface area contributed by atoms with E-state index in [9.17, 15) is 0 Å². The van der Waals surface area contributed by atoms with Gasteiger partial charge in [-0.3, -0.25) is 0 Å². The van der Waals surface area contributed by atoms with Crippen molar-refractivity contribution in [2.75, 3.05) is 0 Å². The fourth-order valence-electron chi connectivity index (χ4n) is 4.36. The van der Waals surface area contributed by atoms with Gasteiger partial charge in [-0.15, -0.1) is 0 Å². The van der Waals surface area contributed by atoms with E-state index in [4.69, 9.17) is 0 Å². The third-order valence-corrected chi connectivity index (χ3v) is 6.84. The summed E-state index contributed by atoms with van der Waals surface area (Å²) in [6, 6.07) is 13.6. The monoisotopic (exact) mass is 588 g/mol. The lowest BCUT2D eigenvalue weighted by atomic mass is 9.97. The first-order valence-corrected chi connectivity index (χ1v) is 12.5. The second-order valence-electron chi connectivity index (χ2n) is 9.49. The smallest absolute Gasteiger partial charge is 0.171 e. The molecule has 0 aliphatic carbocycles. The number of rotatable bonds is 12. The van der Waals surface area contributed by atoms with E-state index in [1.54, 1.807) is 11.1 Å². The Morgan fingerprint density at radius 2 is 0.912 bits per heavy atom. The number of hydrogen-bond donors (Lipinski definition) is 0. The fraction of sp³-hybridized carbons (Fsp3) is 0.467. The highest BCUT2D eigenvalue weighted by Crippen LogP contribution is 2.16. The first-order chi connectivity index (χ1) is 15.5. The van der Waals surface area contributed by atoms with E-state index in [-0.39, 0.29) is 34.0 Å². The summed E-state index contributed by atoms with van der Waals surface area (Å²) >= 11 is 0. The molecular formula is C30H42Br2N2. The molecule has 0 saturated carbocycles. The molecule has 0 fully saturated rings. The third kappa shape index (κ3) is 10.00. The maximum atomic E-state index is 2.35. The molecule has 0 unspecified atom stereocenters. The highest BCUT2D eigenvalue weighted by atomic mass is 79.9. The highest BCUT2D eigenvalue weighted by Gasteiger charge is 2.06. The molecule has 1 aromatic carbocycles. The van der Waals surface area contributed by atoms with Crippen LogP contribution in [-0.2, 0) is 25.9 Å². The summed E-state index contributed by atoms with van der Waals surface area (Å²) in [7, 11) is 0. The Balaban J connectivity index is 0.00000289. The van der Waals surface area contributed by atoms with Crippen LogP contribution in [0.1, 0.15) is 71.9 Å². The Hall–Kier alpha value is -1.52. The Morgan fingerprint density at radius 3 is 1.29 bits per heavy atom. The second-order valence-corrected chi connectivity index (χ2v) is 9.49. The van der Waals surface area contributed by atoms with Gasteiger partial charge in [-0.25, -0.2) is 9.13 Å². The van der Waals surface area contributed by atoms with E-state index in [0.717, 1.165) is 13.1 Å². The molecule has 3 aromatic rings. The number of hydrogen-bond acceptors (Lipinski definition) is 0. The van der Waals surface area contributed by atoms with Crippen molar-refractivity contribution in [1.29, 1.82) is 0 Å². The van der Waals surface area contributed by atoms with Gasteiger partial charge < -0.3 is 34.0 Å². The van der Waals surface area contributed by atoms with Gasteiger partial charge in [0.2, 0.25) is 0 Å². The van der Waals surface area contributed by atoms with Crippen LogP contribution in [0.4, 0.5) is 0 Å². The van der Waals surface area contributed by atoms with Gasteiger partial charge in [0.15, 0.2) is 24.8 Å². The Kier molecular flexibility index (Phi) is 14.5. The molecule has 186 valence electrons. The van der Waals surface area contributed by atoms with Gasteiger partial charge in [0.1, 0.15) is 13.1 Å². The SMILES string of the molecule is Cc1cc[n+](CCCCCc2ccccc2CCCCC[n+]2ccc(C)c(C)c2)cc1C.[Br-].[Br-]. The van der Waals surface area contributed by atoms with Crippen LogP contribution in [-0.4, -0.2) is 0 Å². The van der Waals surface area contributed by atoms with Gasteiger partial charge in [0, 0.05) is 36.1 Å². The third-order valence-electron chi connectivity index (χ3n) is 6.84. The molecule has 34 heavy (non-hydrogen) atoms. The molecule has 0 amide bonds. The lowest BCUT2D eigenvalue weighted by molar-refractivity contribution is -0.697. The van der Waals surface area contributed by atoms with Gasteiger partial charge >= 0.3 is 0 Å². The summed E-state index contributed by atoms with van der Waals surface area (Å²) in [6.07, 6.45) is 19.1.